The number of carbonyl (C=O) groups is 1. The standard InChI is InChI=1S/C7H12NO4/c1-6(9)12-7(10)8-2-4-11-5-3-8/h6H,2-5H2,1H3. The average molecular weight is 174 g/mol. The van der Waals surface area contributed by atoms with Gasteiger partial charge in [-0.3, -0.25) is 0 Å². The summed E-state index contributed by atoms with van der Waals surface area (Å²) in [5.41, 5.74) is 0. The fourth-order valence-electron chi connectivity index (χ4n) is 0.962. The number of amides is 1. The molecule has 1 rings (SSSR count). The second-order valence-corrected chi connectivity index (χ2v) is 2.55. The van der Waals surface area contributed by atoms with Crippen LogP contribution in [0.4, 0.5) is 4.79 Å². The second-order valence-electron chi connectivity index (χ2n) is 2.55. The Morgan fingerprint density at radius 3 is 2.58 bits per heavy atom. The molecule has 0 spiro atoms. The van der Waals surface area contributed by atoms with E-state index >= 15 is 0 Å². The van der Waals surface area contributed by atoms with Gasteiger partial charge < -0.3 is 14.4 Å². The predicted octanol–water partition coefficient (Wildman–Crippen LogP) is 0.232. The van der Waals surface area contributed by atoms with E-state index in [-0.39, 0.29) is 0 Å². The SMILES string of the molecule is CC([O])OC(=O)N1CCOCC1. The predicted molar refractivity (Wildman–Crippen MR) is 39.0 cm³/mol. The Kier molecular flexibility index (Phi) is 3.31. The lowest BCUT2D eigenvalue weighted by molar-refractivity contribution is -0.0978. The van der Waals surface area contributed by atoms with E-state index < -0.39 is 12.4 Å². The molecule has 1 fully saturated rings. The van der Waals surface area contributed by atoms with E-state index in [9.17, 15) is 9.90 Å². The highest BCUT2D eigenvalue weighted by molar-refractivity contribution is 5.67. The minimum atomic E-state index is -1.29. The minimum absolute atomic E-state index is 0.506. The van der Waals surface area contributed by atoms with E-state index in [1.54, 1.807) is 0 Å². The van der Waals surface area contributed by atoms with Crippen LogP contribution in [-0.4, -0.2) is 43.6 Å². The molecule has 0 aromatic carbocycles. The zero-order valence-electron chi connectivity index (χ0n) is 6.99. The van der Waals surface area contributed by atoms with Crippen LogP contribution >= 0.6 is 0 Å². The maximum atomic E-state index is 11.1. The van der Waals surface area contributed by atoms with Gasteiger partial charge in [0.05, 0.1) is 13.2 Å². The molecule has 0 aromatic heterocycles. The van der Waals surface area contributed by atoms with Gasteiger partial charge in [-0.25, -0.2) is 4.79 Å². The number of hydrogen-bond donors (Lipinski definition) is 0. The highest BCUT2D eigenvalue weighted by Gasteiger charge is 2.19. The fourth-order valence-corrected chi connectivity index (χ4v) is 0.962. The first kappa shape index (κ1) is 9.28. The third-order valence-electron chi connectivity index (χ3n) is 1.54. The lowest BCUT2D eigenvalue weighted by Crippen LogP contribution is -2.41. The van der Waals surface area contributed by atoms with Crippen molar-refractivity contribution < 1.29 is 19.4 Å². The molecule has 1 atom stereocenters. The van der Waals surface area contributed by atoms with Gasteiger partial charge in [0.25, 0.3) is 0 Å². The summed E-state index contributed by atoms with van der Waals surface area (Å²) in [5, 5.41) is 10.5. The first-order chi connectivity index (χ1) is 5.70. The maximum Gasteiger partial charge on any atom is 0.412 e. The second kappa shape index (κ2) is 4.27. The van der Waals surface area contributed by atoms with Crippen LogP contribution in [0.5, 0.6) is 0 Å². The molecule has 0 saturated carbocycles. The first-order valence-corrected chi connectivity index (χ1v) is 3.89. The van der Waals surface area contributed by atoms with Crippen molar-refractivity contribution in [1.82, 2.24) is 4.90 Å². The van der Waals surface area contributed by atoms with Gasteiger partial charge >= 0.3 is 6.09 Å². The monoisotopic (exact) mass is 174 g/mol. The number of rotatable bonds is 1. The number of nitrogens with zero attached hydrogens (tertiary/aromatic N) is 1. The van der Waals surface area contributed by atoms with E-state index in [1.807, 2.05) is 0 Å². The number of hydrogen-bond acceptors (Lipinski definition) is 3. The molecule has 69 valence electrons. The quantitative estimate of drug-likeness (QED) is 0.535. The van der Waals surface area contributed by atoms with E-state index in [0.29, 0.717) is 26.3 Å². The number of carbonyl (C=O) groups excluding carboxylic acids is 1. The Balaban J connectivity index is 2.30. The summed E-state index contributed by atoms with van der Waals surface area (Å²) in [7, 11) is 0. The normalized spacial score (nSPS) is 20.3. The first-order valence-electron chi connectivity index (χ1n) is 3.89. The molecule has 1 radical (unpaired) electrons. The number of morpholine rings is 1. The summed E-state index contributed by atoms with van der Waals surface area (Å²) < 4.78 is 9.49. The van der Waals surface area contributed by atoms with Crippen molar-refractivity contribution in [3.63, 3.8) is 0 Å². The molecule has 5 heteroatoms. The summed E-state index contributed by atoms with van der Waals surface area (Å²) in [4.78, 5) is 12.5. The Hall–Kier alpha value is -0.810. The summed E-state index contributed by atoms with van der Waals surface area (Å²) in [5.74, 6) is 0. The highest BCUT2D eigenvalue weighted by atomic mass is 16.6. The topological polar surface area (TPSA) is 58.7 Å². The third kappa shape index (κ3) is 2.67. The molecule has 0 aromatic rings. The van der Waals surface area contributed by atoms with Crippen LogP contribution < -0.4 is 0 Å². The van der Waals surface area contributed by atoms with E-state index in [0.717, 1.165) is 0 Å². The molecule has 1 aliphatic heterocycles. The molecule has 1 unspecified atom stereocenters. The molecule has 1 saturated heterocycles. The van der Waals surface area contributed by atoms with Crippen molar-refractivity contribution in [3.05, 3.63) is 0 Å². The molecule has 12 heavy (non-hydrogen) atoms. The zero-order valence-corrected chi connectivity index (χ0v) is 6.99. The Morgan fingerprint density at radius 1 is 1.50 bits per heavy atom. The van der Waals surface area contributed by atoms with Gasteiger partial charge in [0, 0.05) is 20.0 Å². The van der Waals surface area contributed by atoms with Gasteiger partial charge in [0.15, 0.2) is 0 Å². The molecule has 0 bridgehead atoms. The van der Waals surface area contributed by atoms with E-state index in [1.165, 1.54) is 11.8 Å². The van der Waals surface area contributed by atoms with Crippen molar-refractivity contribution in [1.29, 1.82) is 0 Å². The highest BCUT2D eigenvalue weighted by Crippen LogP contribution is 2.01. The van der Waals surface area contributed by atoms with Crippen LogP contribution in [0.2, 0.25) is 0 Å². The van der Waals surface area contributed by atoms with Crippen molar-refractivity contribution in [2.45, 2.75) is 13.2 Å². The van der Waals surface area contributed by atoms with Crippen LogP contribution in [0.25, 0.3) is 0 Å². The van der Waals surface area contributed by atoms with Crippen LogP contribution in [-0.2, 0) is 14.6 Å². The van der Waals surface area contributed by atoms with Gasteiger partial charge in [0.2, 0.25) is 6.29 Å². The van der Waals surface area contributed by atoms with Gasteiger partial charge in [0.1, 0.15) is 0 Å². The summed E-state index contributed by atoms with van der Waals surface area (Å²) >= 11 is 0. The smallest absolute Gasteiger partial charge is 0.412 e. The fraction of sp³-hybridized carbons (Fsp3) is 0.857. The van der Waals surface area contributed by atoms with Crippen molar-refractivity contribution in [3.8, 4) is 0 Å². The van der Waals surface area contributed by atoms with Crippen LogP contribution in [0.3, 0.4) is 0 Å². The zero-order chi connectivity index (χ0) is 8.97. The van der Waals surface area contributed by atoms with Crippen LogP contribution in [0.1, 0.15) is 6.92 Å². The lowest BCUT2D eigenvalue weighted by atomic mass is 10.5. The maximum absolute atomic E-state index is 11.1. The lowest BCUT2D eigenvalue weighted by Gasteiger charge is -2.26. The number of ether oxygens (including phenoxy) is 2. The molecule has 1 aliphatic rings. The molecule has 1 heterocycles. The van der Waals surface area contributed by atoms with Crippen molar-refractivity contribution in [2.24, 2.45) is 0 Å². The minimum Gasteiger partial charge on any atom is -0.417 e. The Morgan fingerprint density at radius 2 is 2.08 bits per heavy atom. The van der Waals surface area contributed by atoms with E-state index in [4.69, 9.17) is 4.74 Å². The van der Waals surface area contributed by atoms with Gasteiger partial charge in [-0.05, 0) is 0 Å². The molecule has 1 amide bonds. The molecule has 5 nitrogen and oxygen atoms in total. The molecular weight excluding hydrogens is 162 g/mol. The van der Waals surface area contributed by atoms with Crippen LogP contribution in [0, 0.1) is 0 Å². The Labute approximate surface area is 70.9 Å². The summed E-state index contributed by atoms with van der Waals surface area (Å²) in [6, 6.07) is 0. The largest absolute Gasteiger partial charge is 0.417 e. The molecule has 0 N–H and O–H groups in total. The molecule has 0 aliphatic carbocycles. The average Bonchev–Trinajstić information content (AvgIpc) is 2.05. The van der Waals surface area contributed by atoms with E-state index in [2.05, 4.69) is 4.74 Å². The third-order valence-corrected chi connectivity index (χ3v) is 1.54. The van der Waals surface area contributed by atoms with Crippen molar-refractivity contribution in [2.75, 3.05) is 26.3 Å². The summed E-state index contributed by atoms with van der Waals surface area (Å²) in [6.07, 6.45) is -1.83. The van der Waals surface area contributed by atoms with Crippen molar-refractivity contribution >= 4 is 6.09 Å². The Bertz CT molecular complexity index is 153. The summed E-state index contributed by atoms with van der Waals surface area (Å²) in [6.45, 7) is 3.33. The van der Waals surface area contributed by atoms with Gasteiger partial charge in [-0.1, -0.05) is 0 Å². The molecular formula is C7H12NO4. The van der Waals surface area contributed by atoms with Crippen LogP contribution in [0.15, 0.2) is 0 Å². The van der Waals surface area contributed by atoms with Gasteiger partial charge in [-0.15, -0.1) is 0 Å². The van der Waals surface area contributed by atoms with Gasteiger partial charge in [-0.2, -0.15) is 5.11 Å².